The molecular weight excluding hydrogens is 226 g/mol. The minimum atomic E-state index is -0.645. The molecule has 90 valence electrons. The molecule has 1 amide bonds. The molecule has 0 saturated heterocycles. The normalized spacial score (nSPS) is 14.1. The largest absolute Gasteiger partial charge is 0.476 e. The van der Waals surface area contributed by atoms with Crippen LogP contribution < -0.4 is 10.1 Å². The van der Waals surface area contributed by atoms with Gasteiger partial charge in [-0.2, -0.15) is 0 Å². The molecule has 1 saturated carbocycles. The van der Waals surface area contributed by atoms with Crippen LogP contribution in [0.25, 0.3) is 0 Å². The molecule has 0 spiro atoms. The van der Waals surface area contributed by atoms with Gasteiger partial charge in [-0.25, -0.2) is 0 Å². The van der Waals surface area contributed by atoms with E-state index in [1.807, 2.05) is 0 Å². The molecule has 1 heterocycles. The van der Waals surface area contributed by atoms with E-state index in [2.05, 4.69) is 10.3 Å². The summed E-state index contributed by atoms with van der Waals surface area (Å²) < 4.78 is 5.07. The van der Waals surface area contributed by atoms with Gasteiger partial charge in [-0.1, -0.05) is 0 Å². The van der Waals surface area contributed by atoms with E-state index in [1.165, 1.54) is 18.3 Å². The number of hydrogen-bond donors (Lipinski definition) is 1. The molecule has 0 bridgehead atoms. The fourth-order valence-corrected chi connectivity index (χ4v) is 1.27. The fraction of sp³-hybridized carbons (Fsp3) is 0.400. The second-order valence-corrected chi connectivity index (χ2v) is 3.71. The lowest BCUT2D eigenvalue weighted by atomic mass is 10.4. The van der Waals surface area contributed by atoms with E-state index in [0.29, 0.717) is 0 Å². The van der Waals surface area contributed by atoms with Crippen molar-refractivity contribution in [1.82, 2.24) is 10.3 Å². The number of carbonyl (C=O) groups is 1. The molecule has 0 radical (unpaired) electrons. The highest BCUT2D eigenvalue weighted by atomic mass is 16.6. The Morgan fingerprint density at radius 3 is 3.06 bits per heavy atom. The maximum atomic E-state index is 11.3. The standard InChI is InChI=1S/C10H11N3O4/c14-9(12-7-3-4-7)6-17-8-2-1-5-11-10(8)13(15)16/h1-2,5,7H,3-4,6H2,(H,12,14). The molecule has 1 aliphatic carbocycles. The minimum absolute atomic E-state index is 0.00319. The van der Waals surface area contributed by atoms with Gasteiger partial charge >= 0.3 is 5.82 Å². The number of carbonyl (C=O) groups excluding carboxylic acids is 1. The number of nitrogens with one attached hydrogen (secondary N) is 1. The first kappa shape index (κ1) is 11.3. The number of nitrogens with zero attached hydrogens (tertiary/aromatic N) is 2. The first-order valence-electron chi connectivity index (χ1n) is 5.18. The van der Waals surface area contributed by atoms with Crippen LogP contribution in [0.4, 0.5) is 5.82 Å². The number of hydrogen-bond acceptors (Lipinski definition) is 5. The van der Waals surface area contributed by atoms with Crippen molar-refractivity contribution in [2.45, 2.75) is 18.9 Å². The highest BCUT2D eigenvalue weighted by Gasteiger charge is 2.24. The quantitative estimate of drug-likeness (QED) is 0.599. The van der Waals surface area contributed by atoms with Crippen molar-refractivity contribution in [2.75, 3.05) is 6.61 Å². The summed E-state index contributed by atoms with van der Waals surface area (Å²) in [6, 6.07) is 3.17. The lowest BCUT2D eigenvalue weighted by Crippen LogP contribution is -2.30. The Bertz CT molecular complexity index is 445. The molecule has 0 aliphatic heterocycles. The summed E-state index contributed by atoms with van der Waals surface area (Å²) in [6.45, 7) is -0.233. The zero-order chi connectivity index (χ0) is 12.3. The maximum Gasteiger partial charge on any atom is 0.406 e. The van der Waals surface area contributed by atoms with Crippen molar-refractivity contribution in [3.63, 3.8) is 0 Å². The fourth-order valence-electron chi connectivity index (χ4n) is 1.27. The van der Waals surface area contributed by atoms with Crippen LogP contribution in [0, 0.1) is 10.1 Å². The van der Waals surface area contributed by atoms with Crippen molar-refractivity contribution in [1.29, 1.82) is 0 Å². The van der Waals surface area contributed by atoms with Crippen LogP contribution in [0.15, 0.2) is 18.3 Å². The van der Waals surface area contributed by atoms with E-state index in [0.717, 1.165) is 12.8 Å². The van der Waals surface area contributed by atoms with E-state index in [4.69, 9.17) is 4.74 Å². The summed E-state index contributed by atoms with van der Waals surface area (Å²) in [5, 5.41) is 13.3. The molecule has 17 heavy (non-hydrogen) atoms. The molecular formula is C10H11N3O4. The first-order chi connectivity index (χ1) is 8.16. The average Bonchev–Trinajstić information content (AvgIpc) is 3.10. The molecule has 7 heteroatoms. The molecule has 0 atom stereocenters. The lowest BCUT2D eigenvalue weighted by molar-refractivity contribution is -0.390. The number of aromatic nitrogens is 1. The highest BCUT2D eigenvalue weighted by Crippen LogP contribution is 2.23. The van der Waals surface area contributed by atoms with E-state index < -0.39 is 4.92 Å². The zero-order valence-corrected chi connectivity index (χ0v) is 8.96. The predicted octanol–water partition coefficient (Wildman–Crippen LogP) is 0.647. The molecule has 1 N–H and O–H groups in total. The van der Waals surface area contributed by atoms with Gasteiger partial charge in [0.2, 0.25) is 5.75 Å². The third-order valence-corrected chi connectivity index (χ3v) is 2.23. The van der Waals surface area contributed by atoms with E-state index in [1.54, 1.807) is 0 Å². The Balaban J connectivity index is 1.93. The Morgan fingerprint density at radius 2 is 2.41 bits per heavy atom. The SMILES string of the molecule is O=C(COc1cccnc1[N+](=O)[O-])NC1CC1. The smallest absolute Gasteiger partial charge is 0.406 e. The Hall–Kier alpha value is -2.18. The summed E-state index contributed by atoms with van der Waals surface area (Å²) >= 11 is 0. The second-order valence-electron chi connectivity index (χ2n) is 3.71. The molecule has 1 aromatic heterocycles. The second kappa shape index (κ2) is 4.77. The molecule has 1 aliphatic rings. The van der Waals surface area contributed by atoms with E-state index in [9.17, 15) is 14.9 Å². The number of pyridine rings is 1. The van der Waals surface area contributed by atoms with Gasteiger partial charge in [-0.15, -0.1) is 0 Å². The van der Waals surface area contributed by atoms with Crippen LogP contribution in [0.5, 0.6) is 5.75 Å². The van der Waals surface area contributed by atoms with Gasteiger partial charge in [-0.05, 0) is 34.9 Å². The average molecular weight is 237 g/mol. The topological polar surface area (TPSA) is 94.4 Å². The van der Waals surface area contributed by atoms with Crippen molar-refractivity contribution < 1.29 is 14.5 Å². The zero-order valence-electron chi connectivity index (χ0n) is 8.96. The number of amides is 1. The van der Waals surface area contributed by atoms with Gasteiger partial charge in [0.15, 0.2) is 6.61 Å². The number of rotatable bonds is 5. The molecule has 1 fully saturated rings. The molecule has 0 aromatic carbocycles. The molecule has 7 nitrogen and oxygen atoms in total. The van der Waals surface area contributed by atoms with Crippen LogP contribution in [0.3, 0.4) is 0 Å². The van der Waals surface area contributed by atoms with Gasteiger partial charge in [0.05, 0.1) is 0 Å². The van der Waals surface area contributed by atoms with Gasteiger partial charge in [0.1, 0.15) is 6.20 Å². The van der Waals surface area contributed by atoms with Crippen LogP contribution in [-0.2, 0) is 4.79 Å². The van der Waals surface area contributed by atoms with Crippen LogP contribution in [0.2, 0.25) is 0 Å². The maximum absolute atomic E-state index is 11.3. The van der Waals surface area contributed by atoms with Crippen molar-refractivity contribution in [3.05, 3.63) is 28.4 Å². The van der Waals surface area contributed by atoms with E-state index >= 15 is 0 Å². The number of ether oxygens (including phenoxy) is 1. The monoisotopic (exact) mass is 237 g/mol. The third kappa shape index (κ3) is 3.13. The number of nitro groups is 1. The Labute approximate surface area is 96.9 Å². The summed E-state index contributed by atoms with van der Waals surface area (Å²) in [5.41, 5.74) is 0. The molecule has 2 rings (SSSR count). The summed E-state index contributed by atoms with van der Waals surface area (Å²) in [4.78, 5) is 24.9. The molecule has 0 unspecified atom stereocenters. The van der Waals surface area contributed by atoms with Crippen molar-refractivity contribution in [2.24, 2.45) is 0 Å². The summed E-state index contributed by atoms with van der Waals surface area (Å²) in [6.07, 6.45) is 3.27. The van der Waals surface area contributed by atoms with Crippen molar-refractivity contribution >= 4 is 11.7 Å². The van der Waals surface area contributed by atoms with Gasteiger partial charge < -0.3 is 20.2 Å². The summed E-state index contributed by atoms with van der Waals surface area (Å²) in [7, 11) is 0. The lowest BCUT2D eigenvalue weighted by Gasteiger charge is -2.06. The summed E-state index contributed by atoms with van der Waals surface area (Å²) in [5.74, 6) is -0.652. The van der Waals surface area contributed by atoms with Crippen LogP contribution in [-0.4, -0.2) is 28.5 Å². The van der Waals surface area contributed by atoms with Crippen LogP contribution >= 0.6 is 0 Å². The van der Waals surface area contributed by atoms with Crippen LogP contribution in [0.1, 0.15) is 12.8 Å². The highest BCUT2D eigenvalue weighted by molar-refractivity contribution is 5.78. The van der Waals surface area contributed by atoms with Gasteiger partial charge in [0.25, 0.3) is 5.91 Å². The third-order valence-electron chi connectivity index (χ3n) is 2.23. The molecule has 1 aromatic rings. The van der Waals surface area contributed by atoms with Crippen molar-refractivity contribution in [3.8, 4) is 5.75 Å². The van der Waals surface area contributed by atoms with Gasteiger partial charge in [-0.3, -0.25) is 4.79 Å². The minimum Gasteiger partial charge on any atom is -0.476 e. The Kier molecular flexibility index (Phi) is 3.17. The van der Waals surface area contributed by atoms with E-state index in [-0.39, 0.29) is 30.1 Å². The van der Waals surface area contributed by atoms with Gasteiger partial charge in [0, 0.05) is 6.04 Å². The first-order valence-corrected chi connectivity index (χ1v) is 5.18. The predicted molar refractivity (Wildman–Crippen MR) is 57.6 cm³/mol. The Morgan fingerprint density at radius 1 is 1.65 bits per heavy atom.